The lowest BCUT2D eigenvalue weighted by Crippen LogP contribution is -2.42. The number of carbonyl (C=O) groups excluding carboxylic acids is 1. The second kappa shape index (κ2) is 9.58. The first-order chi connectivity index (χ1) is 16.5. The molecule has 0 aromatic heterocycles. The van der Waals surface area contributed by atoms with Crippen LogP contribution in [0, 0.1) is 6.92 Å². The second-order valence-electron chi connectivity index (χ2n) is 9.30. The summed E-state index contributed by atoms with van der Waals surface area (Å²) in [6, 6.07) is 19.9. The largest absolute Gasteiger partial charge is 0.392 e. The molecule has 3 aromatic carbocycles. The van der Waals surface area contributed by atoms with Crippen LogP contribution in [0.5, 0.6) is 0 Å². The van der Waals surface area contributed by atoms with E-state index in [-0.39, 0.29) is 12.5 Å². The molecule has 4 N–H and O–H groups in total. The second-order valence-corrected chi connectivity index (χ2v) is 9.30. The third kappa shape index (κ3) is 4.44. The molecule has 6 nitrogen and oxygen atoms in total. The number of benzene rings is 3. The molecular formula is C28H31N3O3. The number of piperidine rings is 1. The number of para-hydroxylation sites is 1. The smallest absolute Gasteiger partial charge is 0.238 e. The van der Waals surface area contributed by atoms with E-state index in [1.807, 2.05) is 54.6 Å². The number of hydrogen-bond acceptors (Lipinski definition) is 5. The summed E-state index contributed by atoms with van der Waals surface area (Å²) in [4.78, 5) is 14.9. The van der Waals surface area contributed by atoms with Gasteiger partial charge in [0.1, 0.15) is 6.10 Å². The molecule has 0 bridgehead atoms. The van der Waals surface area contributed by atoms with E-state index in [4.69, 9.17) is 0 Å². The van der Waals surface area contributed by atoms with Gasteiger partial charge in [0.25, 0.3) is 0 Å². The minimum absolute atomic E-state index is 0.0227. The number of fused-ring (bicyclic) bond motifs is 3. The highest BCUT2D eigenvalue weighted by Gasteiger charge is 2.27. The van der Waals surface area contributed by atoms with Gasteiger partial charge < -0.3 is 20.8 Å². The van der Waals surface area contributed by atoms with Gasteiger partial charge in [0.05, 0.1) is 13.2 Å². The summed E-state index contributed by atoms with van der Waals surface area (Å²) < 4.78 is 0. The summed E-state index contributed by atoms with van der Waals surface area (Å²) >= 11 is 0. The lowest BCUT2D eigenvalue weighted by molar-refractivity contribution is -0.117. The Labute approximate surface area is 200 Å². The molecule has 1 amide bonds. The highest BCUT2D eigenvalue weighted by molar-refractivity contribution is 5.93. The van der Waals surface area contributed by atoms with Gasteiger partial charge >= 0.3 is 0 Å². The Morgan fingerprint density at radius 1 is 1.00 bits per heavy atom. The van der Waals surface area contributed by atoms with Crippen LogP contribution in [-0.2, 0) is 11.4 Å². The molecule has 0 spiro atoms. The predicted octanol–water partition coefficient (Wildman–Crippen LogP) is 4.06. The van der Waals surface area contributed by atoms with Crippen molar-refractivity contribution in [2.45, 2.75) is 38.5 Å². The lowest BCUT2D eigenvalue weighted by atomic mass is 10.0. The summed E-state index contributed by atoms with van der Waals surface area (Å²) in [6.07, 6.45) is 1.22. The number of carbonyl (C=O) groups is 1. The van der Waals surface area contributed by atoms with Crippen LogP contribution >= 0.6 is 0 Å². The van der Waals surface area contributed by atoms with E-state index in [9.17, 15) is 15.0 Å². The summed E-state index contributed by atoms with van der Waals surface area (Å²) in [5, 5.41) is 26.9. The van der Waals surface area contributed by atoms with Crippen molar-refractivity contribution in [1.29, 1.82) is 0 Å². The number of rotatable bonds is 6. The molecule has 2 aliphatic rings. The molecule has 1 aliphatic heterocycles. The molecule has 1 unspecified atom stereocenters. The molecule has 1 heterocycles. The number of anilines is 2. The van der Waals surface area contributed by atoms with Crippen molar-refractivity contribution in [3.05, 3.63) is 82.9 Å². The van der Waals surface area contributed by atoms with Gasteiger partial charge in [-0.15, -0.1) is 0 Å². The van der Waals surface area contributed by atoms with Crippen molar-refractivity contribution >= 4 is 17.3 Å². The van der Waals surface area contributed by atoms with Crippen molar-refractivity contribution < 1.29 is 15.0 Å². The third-order valence-electron chi connectivity index (χ3n) is 7.01. The monoisotopic (exact) mass is 457 g/mol. The van der Waals surface area contributed by atoms with E-state index in [0.717, 1.165) is 65.0 Å². The molecule has 1 aliphatic carbocycles. The van der Waals surface area contributed by atoms with Gasteiger partial charge in [-0.1, -0.05) is 48.5 Å². The maximum absolute atomic E-state index is 12.7. The molecular weight excluding hydrogens is 426 g/mol. The zero-order valence-corrected chi connectivity index (χ0v) is 19.4. The normalized spacial score (nSPS) is 17.8. The number of nitrogens with zero attached hydrogens (tertiary/aromatic N) is 1. The Bertz CT molecular complexity index is 1200. The van der Waals surface area contributed by atoms with Gasteiger partial charge in [0.15, 0.2) is 0 Å². The van der Waals surface area contributed by atoms with E-state index in [0.29, 0.717) is 18.3 Å². The van der Waals surface area contributed by atoms with Crippen LogP contribution in [0.3, 0.4) is 0 Å². The van der Waals surface area contributed by atoms with Gasteiger partial charge in [-0.2, -0.15) is 0 Å². The average molecular weight is 458 g/mol. The molecule has 0 radical (unpaired) electrons. The fourth-order valence-corrected chi connectivity index (χ4v) is 5.17. The quantitative estimate of drug-likeness (QED) is 0.449. The van der Waals surface area contributed by atoms with Gasteiger partial charge in [0.2, 0.25) is 5.91 Å². The number of likely N-dealkylation sites (tertiary alicyclic amines) is 1. The zero-order chi connectivity index (χ0) is 23.7. The number of amides is 1. The summed E-state index contributed by atoms with van der Waals surface area (Å²) in [5.41, 5.74) is 7.62. The molecule has 0 saturated carbocycles. The summed E-state index contributed by atoms with van der Waals surface area (Å²) in [7, 11) is 0. The van der Waals surface area contributed by atoms with E-state index >= 15 is 0 Å². The Kier molecular flexibility index (Phi) is 6.37. The molecule has 1 saturated heterocycles. The van der Waals surface area contributed by atoms with Crippen molar-refractivity contribution in [3.8, 4) is 11.1 Å². The van der Waals surface area contributed by atoms with Crippen LogP contribution in [0.1, 0.15) is 41.2 Å². The van der Waals surface area contributed by atoms with Crippen LogP contribution in [0.15, 0.2) is 60.7 Å². The van der Waals surface area contributed by atoms with E-state index in [1.54, 1.807) is 0 Å². The third-order valence-corrected chi connectivity index (χ3v) is 7.01. The maximum atomic E-state index is 12.7. The molecule has 34 heavy (non-hydrogen) atoms. The minimum Gasteiger partial charge on any atom is -0.392 e. The molecule has 5 rings (SSSR count). The molecule has 1 atom stereocenters. The minimum atomic E-state index is -0.658. The molecule has 1 fully saturated rings. The fourth-order valence-electron chi connectivity index (χ4n) is 5.17. The van der Waals surface area contributed by atoms with Gasteiger partial charge in [-0.25, -0.2) is 0 Å². The number of hydrogen-bond donors (Lipinski definition) is 4. The first-order valence-electron chi connectivity index (χ1n) is 11.9. The Balaban J connectivity index is 1.15. The maximum Gasteiger partial charge on any atom is 0.238 e. The van der Waals surface area contributed by atoms with E-state index in [2.05, 4.69) is 28.5 Å². The van der Waals surface area contributed by atoms with Crippen molar-refractivity contribution in [1.82, 2.24) is 4.90 Å². The molecule has 6 heteroatoms. The van der Waals surface area contributed by atoms with Gasteiger partial charge in [-0.3, -0.25) is 9.69 Å². The highest BCUT2D eigenvalue weighted by atomic mass is 16.3. The molecule has 3 aromatic rings. The predicted molar refractivity (Wildman–Crippen MR) is 135 cm³/mol. The number of aliphatic hydroxyl groups excluding tert-OH is 2. The van der Waals surface area contributed by atoms with Gasteiger partial charge in [-0.05, 0) is 59.7 Å². The van der Waals surface area contributed by atoms with Crippen molar-refractivity contribution in [3.63, 3.8) is 0 Å². The van der Waals surface area contributed by atoms with Gasteiger partial charge in [0, 0.05) is 36.1 Å². The average Bonchev–Trinajstić information content (AvgIpc) is 3.13. The highest BCUT2D eigenvalue weighted by Crippen LogP contribution is 2.44. The van der Waals surface area contributed by atoms with E-state index in [1.165, 1.54) is 0 Å². The topological polar surface area (TPSA) is 84.8 Å². The fraction of sp³-hybridized carbons (Fsp3) is 0.321. The van der Waals surface area contributed by atoms with Crippen LogP contribution in [0.2, 0.25) is 0 Å². The number of aliphatic hydroxyl groups is 2. The summed E-state index contributed by atoms with van der Waals surface area (Å²) in [6.45, 7) is 4.10. The van der Waals surface area contributed by atoms with Crippen LogP contribution < -0.4 is 10.6 Å². The SMILES string of the molecule is Cc1cccc(CO)c1NC1CCN(CC(=O)Nc2ccc3c(c2)C(O)c2ccccc2-3)CC1. The van der Waals surface area contributed by atoms with Crippen LogP contribution in [-0.4, -0.2) is 46.7 Å². The first kappa shape index (κ1) is 22.6. The molecule has 176 valence electrons. The van der Waals surface area contributed by atoms with Crippen molar-refractivity contribution in [2.24, 2.45) is 0 Å². The number of aryl methyl sites for hydroxylation is 1. The Hall–Kier alpha value is -3.19. The summed E-state index contributed by atoms with van der Waals surface area (Å²) in [5.74, 6) is -0.0437. The standard InChI is InChI=1S/C28H31N3O3/c1-18-5-4-6-19(17-32)27(18)30-20-11-13-31(14-12-20)16-26(33)29-21-9-10-23-22-7-2-3-8-24(22)28(34)25(23)15-21/h2-10,15,20,28,30,32,34H,11-14,16-17H2,1H3,(H,29,33). The van der Waals surface area contributed by atoms with Crippen molar-refractivity contribution in [2.75, 3.05) is 30.3 Å². The number of nitrogens with one attached hydrogen (secondary N) is 2. The lowest BCUT2D eigenvalue weighted by Gasteiger charge is -2.33. The zero-order valence-electron chi connectivity index (χ0n) is 19.4. The first-order valence-corrected chi connectivity index (χ1v) is 11.9. The van der Waals surface area contributed by atoms with E-state index < -0.39 is 6.10 Å². The Morgan fingerprint density at radius 3 is 2.56 bits per heavy atom. The Morgan fingerprint density at radius 2 is 1.76 bits per heavy atom. The van der Waals surface area contributed by atoms with Crippen LogP contribution in [0.25, 0.3) is 11.1 Å². The van der Waals surface area contributed by atoms with Crippen LogP contribution in [0.4, 0.5) is 11.4 Å².